The largest absolute Gasteiger partial charge is 0.504 e. The number of carbonyl (C=O) groups excluding carboxylic acids is 2. The minimum Gasteiger partial charge on any atom is -0.504 e. The Kier molecular flexibility index (Phi) is 7.26. The predicted molar refractivity (Wildman–Crippen MR) is 96.6 cm³/mol. The second-order valence-corrected chi connectivity index (χ2v) is 6.96. The van der Waals surface area contributed by atoms with Crippen molar-refractivity contribution in [2.45, 2.75) is 57.0 Å². The van der Waals surface area contributed by atoms with Gasteiger partial charge in [-0.2, -0.15) is 0 Å². The lowest BCUT2D eigenvalue weighted by Gasteiger charge is -2.25. The summed E-state index contributed by atoms with van der Waals surface area (Å²) in [5, 5.41) is 21.6. The third-order valence-electron chi connectivity index (χ3n) is 4.93. The van der Waals surface area contributed by atoms with Gasteiger partial charge in [-0.05, 0) is 30.0 Å². The van der Waals surface area contributed by atoms with E-state index in [2.05, 4.69) is 5.32 Å². The normalized spacial score (nSPS) is 17.3. The number of nitrogens with one attached hydrogen (secondary N) is 1. The van der Waals surface area contributed by atoms with Crippen molar-refractivity contribution in [2.24, 2.45) is 11.7 Å². The fourth-order valence-corrected chi connectivity index (χ4v) is 3.43. The number of hydrogen-bond donors (Lipinski definition) is 4. The van der Waals surface area contributed by atoms with Crippen molar-refractivity contribution >= 4 is 11.9 Å². The quantitative estimate of drug-likeness (QED) is 0.431. The summed E-state index contributed by atoms with van der Waals surface area (Å²) in [6.45, 7) is 0. The molecule has 1 aliphatic carbocycles. The van der Waals surface area contributed by atoms with Crippen LogP contribution < -0.4 is 11.1 Å². The molecule has 0 radical (unpaired) electrons. The van der Waals surface area contributed by atoms with E-state index in [-0.39, 0.29) is 23.8 Å². The lowest BCUT2D eigenvalue weighted by atomic mass is 9.85. The summed E-state index contributed by atoms with van der Waals surface area (Å²) in [6.07, 6.45) is 6.51. The van der Waals surface area contributed by atoms with Crippen molar-refractivity contribution in [2.75, 3.05) is 7.11 Å². The summed E-state index contributed by atoms with van der Waals surface area (Å²) < 4.78 is 4.76. The first kappa shape index (κ1) is 20.0. The standard InChI is InChI=1S/C19H28N2O5/c1-26-19(25)15(10-13-7-8-16(22)17(23)11-13)21-18(24)14(20)9-12-5-3-2-4-6-12/h7-8,11-12,14-15,22-23H,2-6,9-10,20H2,1H3,(H,21,24)/t14-,15-/m0/s1. The maximum absolute atomic E-state index is 12.4. The van der Waals surface area contributed by atoms with Crippen LogP contribution in [0.4, 0.5) is 0 Å². The summed E-state index contributed by atoms with van der Waals surface area (Å²) in [4.78, 5) is 24.5. The van der Waals surface area contributed by atoms with Gasteiger partial charge in [-0.1, -0.05) is 38.2 Å². The number of phenols is 2. The highest BCUT2D eigenvalue weighted by molar-refractivity contribution is 5.87. The molecule has 0 bridgehead atoms. The molecule has 1 saturated carbocycles. The average Bonchev–Trinajstić information content (AvgIpc) is 2.64. The first-order valence-electron chi connectivity index (χ1n) is 9.05. The Hall–Kier alpha value is -2.28. The van der Waals surface area contributed by atoms with Gasteiger partial charge >= 0.3 is 5.97 Å². The second kappa shape index (κ2) is 9.43. The van der Waals surface area contributed by atoms with Crippen molar-refractivity contribution < 1.29 is 24.5 Å². The van der Waals surface area contributed by atoms with Crippen LogP contribution in [0.15, 0.2) is 18.2 Å². The minimum absolute atomic E-state index is 0.127. The highest BCUT2D eigenvalue weighted by Gasteiger charge is 2.27. The van der Waals surface area contributed by atoms with Gasteiger partial charge in [0.05, 0.1) is 13.2 Å². The fraction of sp³-hybridized carbons (Fsp3) is 0.579. The van der Waals surface area contributed by atoms with Crippen molar-refractivity contribution in [1.29, 1.82) is 0 Å². The van der Waals surface area contributed by atoms with E-state index < -0.39 is 18.1 Å². The van der Waals surface area contributed by atoms with Crippen LogP contribution in [0.3, 0.4) is 0 Å². The minimum atomic E-state index is -0.908. The first-order chi connectivity index (χ1) is 12.4. The van der Waals surface area contributed by atoms with Gasteiger partial charge in [0, 0.05) is 6.42 Å². The Morgan fingerprint density at radius 1 is 1.23 bits per heavy atom. The Morgan fingerprint density at radius 2 is 1.92 bits per heavy atom. The molecule has 7 heteroatoms. The molecule has 2 rings (SSSR count). The number of hydrogen-bond acceptors (Lipinski definition) is 6. The van der Waals surface area contributed by atoms with E-state index in [0.29, 0.717) is 17.9 Å². The van der Waals surface area contributed by atoms with Gasteiger partial charge in [-0.25, -0.2) is 4.79 Å². The molecule has 0 aromatic heterocycles. The molecular formula is C19H28N2O5. The number of rotatable bonds is 7. The fourth-order valence-electron chi connectivity index (χ4n) is 3.43. The molecule has 144 valence electrons. The van der Waals surface area contributed by atoms with Crippen molar-refractivity contribution in [3.8, 4) is 11.5 Å². The molecule has 2 atom stereocenters. The highest BCUT2D eigenvalue weighted by atomic mass is 16.5. The van der Waals surface area contributed by atoms with E-state index in [1.54, 1.807) is 6.07 Å². The lowest BCUT2D eigenvalue weighted by molar-refractivity contribution is -0.145. The van der Waals surface area contributed by atoms with Crippen LogP contribution in [0.1, 0.15) is 44.1 Å². The molecule has 26 heavy (non-hydrogen) atoms. The summed E-state index contributed by atoms with van der Waals surface area (Å²) >= 11 is 0. The Balaban J connectivity index is 1.98. The number of amides is 1. The molecule has 0 aliphatic heterocycles. The molecule has 0 heterocycles. The van der Waals surface area contributed by atoms with Crippen molar-refractivity contribution in [3.05, 3.63) is 23.8 Å². The summed E-state index contributed by atoms with van der Waals surface area (Å²) in [5.74, 6) is -1.05. The zero-order valence-electron chi connectivity index (χ0n) is 15.1. The van der Waals surface area contributed by atoms with Crippen LogP contribution in [-0.2, 0) is 20.7 Å². The smallest absolute Gasteiger partial charge is 0.328 e. The zero-order chi connectivity index (χ0) is 19.1. The monoisotopic (exact) mass is 364 g/mol. The Bertz CT molecular complexity index is 628. The van der Waals surface area contributed by atoms with Crippen LogP contribution in [-0.4, -0.2) is 41.3 Å². The molecule has 1 aromatic carbocycles. The molecule has 0 unspecified atom stereocenters. The first-order valence-corrected chi connectivity index (χ1v) is 9.05. The number of phenolic OH excluding ortho intramolecular Hbond substituents is 2. The number of carbonyl (C=O) groups is 2. The maximum Gasteiger partial charge on any atom is 0.328 e. The SMILES string of the molecule is COC(=O)[C@H](Cc1ccc(O)c(O)c1)NC(=O)[C@@H](N)CC1CCCCC1. The van der Waals surface area contributed by atoms with E-state index >= 15 is 0 Å². The molecule has 1 amide bonds. The molecular weight excluding hydrogens is 336 g/mol. The molecule has 1 aromatic rings. The van der Waals surface area contributed by atoms with Gasteiger partial charge < -0.3 is 26.0 Å². The number of esters is 1. The average molecular weight is 364 g/mol. The van der Waals surface area contributed by atoms with Crippen molar-refractivity contribution in [3.63, 3.8) is 0 Å². The van der Waals surface area contributed by atoms with Gasteiger partial charge in [0.15, 0.2) is 11.5 Å². The third-order valence-corrected chi connectivity index (χ3v) is 4.93. The van der Waals surface area contributed by atoms with E-state index in [1.165, 1.54) is 38.5 Å². The summed E-state index contributed by atoms with van der Waals surface area (Å²) in [6, 6.07) is 2.67. The Labute approximate surface area is 153 Å². The van der Waals surface area contributed by atoms with Gasteiger partial charge in [0.1, 0.15) is 6.04 Å². The summed E-state index contributed by atoms with van der Waals surface area (Å²) in [5.41, 5.74) is 6.62. The molecule has 0 spiro atoms. The predicted octanol–water partition coefficient (Wildman–Crippen LogP) is 1.60. The van der Waals surface area contributed by atoms with E-state index in [1.807, 2.05) is 0 Å². The van der Waals surface area contributed by atoms with Crippen LogP contribution in [0.2, 0.25) is 0 Å². The molecule has 1 aliphatic rings. The second-order valence-electron chi connectivity index (χ2n) is 6.96. The van der Waals surface area contributed by atoms with Gasteiger partial charge in [-0.15, -0.1) is 0 Å². The maximum atomic E-state index is 12.4. The van der Waals surface area contributed by atoms with Gasteiger partial charge in [-0.3, -0.25) is 4.79 Å². The highest BCUT2D eigenvalue weighted by Crippen LogP contribution is 2.27. The number of aromatic hydroxyl groups is 2. The summed E-state index contributed by atoms with van der Waals surface area (Å²) in [7, 11) is 1.25. The molecule has 1 fully saturated rings. The Morgan fingerprint density at radius 3 is 2.54 bits per heavy atom. The van der Waals surface area contributed by atoms with Gasteiger partial charge in [0.2, 0.25) is 5.91 Å². The topological polar surface area (TPSA) is 122 Å². The van der Waals surface area contributed by atoms with Crippen LogP contribution in [0, 0.1) is 5.92 Å². The van der Waals surface area contributed by atoms with Crippen LogP contribution >= 0.6 is 0 Å². The lowest BCUT2D eigenvalue weighted by Crippen LogP contribution is -2.50. The zero-order valence-corrected chi connectivity index (χ0v) is 15.1. The van der Waals surface area contributed by atoms with Crippen molar-refractivity contribution in [1.82, 2.24) is 5.32 Å². The number of benzene rings is 1. The van der Waals surface area contributed by atoms with Gasteiger partial charge in [0.25, 0.3) is 0 Å². The molecule has 5 N–H and O–H groups in total. The number of ether oxygens (including phenoxy) is 1. The third kappa shape index (κ3) is 5.62. The van der Waals surface area contributed by atoms with E-state index in [9.17, 15) is 19.8 Å². The van der Waals surface area contributed by atoms with E-state index in [0.717, 1.165) is 12.8 Å². The number of methoxy groups -OCH3 is 1. The van der Waals surface area contributed by atoms with Crippen LogP contribution in [0.5, 0.6) is 11.5 Å². The molecule has 0 saturated heterocycles. The van der Waals surface area contributed by atoms with E-state index in [4.69, 9.17) is 10.5 Å². The number of nitrogens with two attached hydrogens (primary N) is 1. The molecule has 7 nitrogen and oxygen atoms in total. The van der Waals surface area contributed by atoms with Crippen LogP contribution in [0.25, 0.3) is 0 Å².